The lowest BCUT2D eigenvalue weighted by atomic mass is 10.2. The Bertz CT molecular complexity index is 1250. The molecule has 0 radical (unpaired) electrons. The maximum Gasteiger partial charge on any atom is 0.329 e. The zero-order valence-corrected chi connectivity index (χ0v) is 19.5. The third-order valence-corrected chi connectivity index (χ3v) is 5.13. The van der Waals surface area contributed by atoms with E-state index in [1.165, 1.54) is 6.21 Å². The highest BCUT2D eigenvalue weighted by molar-refractivity contribution is 6.40. The smallest absolute Gasteiger partial charge is 0.329 e. The number of anilines is 2. The molecule has 10 heteroatoms. The average Bonchev–Trinajstić information content (AvgIpc) is 2.82. The number of para-hydroxylation sites is 1. The summed E-state index contributed by atoms with van der Waals surface area (Å²) in [5.74, 6) is -1.80. The lowest BCUT2D eigenvalue weighted by Crippen LogP contribution is -2.32. The van der Waals surface area contributed by atoms with Crippen LogP contribution >= 0.6 is 23.2 Å². The molecule has 8 nitrogen and oxygen atoms in total. The van der Waals surface area contributed by atoms with Gasteiger partial charge in [-0.1, -0.05) is 53.5 Å². The molecule has 0 heterocycles. The largest absolute Gasteiger partial charge is 0.484 e. The molecule has 3 N–H and O–H groups in total. The summed E-state index contributed by atoms with van der Waals surface area (Å²) in [5.41, 5.74) is 4.46. The van der Waals surface area contributed by atoms with Crippen LogP contribution in [0.25, 0.3) is 0 Å². The number of hydrogen-bond donors (Lipinski definition) is 3. The molecule has 0 aliphatic rings. The lowest BCUT2D eigenvalue weighted by Gasteiger charge is -2.09. The standard InChI is InChI=1S/C24H20Cl2N4O4/c1-15-9-10-17(12-20(15)26)28-23(32)24(33)30-27-13-16-5-4-6-18(11-16)34-14-22(31)29-21-8-3-2-7-19(21)25/h2-13H,14H2,1H3,(H,28,32)(H,29,31)(H,30,33)/b27-13-. The summed E-state index contributed by atoms with van der Waals surface area (Å²) in [5, 5.41) is 9.77. The zero-order valence-electron chi connectivity index (χ0n) is 18.0. The van der Waals surface area contributed by atoms with E-state index in [9.17, 15) is 14.4 Å². The van der Waals surface area contributed by atoms with Crippen molar-refractivity contribution in [3.05, 3.63) is 87.9 Å². The molecule has 34 heavy (non-hydrogen) atoms. The van der Waals surface area contributed by atoms with Crippen molar-refractivity contribution in [2.24, 2.45) is 5.10 Å². The van der Waals surface area contributed by atoms with Gasteiger partial charge >= 0.3 is 11.8 Å². The number of halogens is 2. The van der Waals surface area contributed by atoms with E-state index in [1.807, 2.05) is 6.92 Å². The van der Waals surface area contributed by atoms with Crippen LogP contribution in [0.15, 0.2) is 71.8 Å². The Hall–Kier alpha value is -3.88. The third kappa shape index (κ3) is 7.33. The fraction of sp³-hybridized carbons (Fsp3) is 0.0833. The molecule has 0 saturated heterocycles. The van der Waals surface area contributed by atoms with Gasteiger partial charge in [0, 0.05) is 10.7 Å². The molecule has 174 valence electrons. The summed E-state index contributed by atoms with van der Waals surface area (Å²) in [4.78, 5) is 36.0. The van der Waals surface area contributed by atoms with Gasteiger partial charge in [0.05, 0.1) is 16.9 Å². The minimum Gasteiger partial charge on any atom is -0.484 e. The van der Waals surface area contributed by atoms with Crippen molar-refractivity contribution < 1.29 is 19.1 Å². The maximum atomic E-state index is 12.1. The van der Waals surface area contributed by atoms with E-state index in [2.05, 4.69) is 21.2 Å². The third-order valence-electron chi connectivity index (χ3n) is 4.39. The molecule has 0 bridgehead atoms. The Morgan fingerprint density at radius 3 is 2.47 bits per heavy atom. The minimum atomic E-state index is -0.948. The van der Waals surface area contributed by atoms with Gasteiger partial charge in [-0.05, 0) is 54.4 Å². The molecule has 0 saturated carbocycles. The number of hydrazone groups is 1. The van der Waals surface area contributed by atoms with Crippen LogP contribution in [0.4, 0.5) is 11.4 Å². The van der Waals surface area contributed by atoms with Crippen LogP contribution < -0.4 is 20.8 Å². The molecule has 0 aliphatic carbocycles. The molecule has 3 aromatic rings. The highest BCUT2D eigenvalue weighted by Crippen LogP contribution is 2.21. The quantitative estimate of drug-likeness (QED) is 0.254. The summed E-state index contributed by atoms with van der Waals surface area (Å²) in [7, 11) is 0. The SMILES string of the molecule is Cc1ccc(NC(=O)C(=O)N/N=C\c2cccc(OCC(=O)Nc3ccccc3Cl)c2)cc1Cl. The van der Waals surface area contributed by atoms with Gasteiger partial charge in [0.15, 0.2) is 6.61 Å². The van der Waals surface area contributed by atoms with Gasteiger partial charge in [-0.15, -0.1) is 0 Å². The second kappa shape index (κ2) is 11.8. The van der Waals surface area contributed by atoms with E-state index in [-0.39, 0.29) is 12.5 Å². The second-order valence-corrected chi connectivity index (χ2v) is 7.82. The highest BCUT2D eigenvalue weighted by atomic mass is 35.5. The first-order valence-corrected chi connectivity index (χ1v) is 10.7. The number of ether oxygens (including phenoxy) is 1. The number of benzene rings is 3. The predicted molar refractivity (Wildman–Crippen MR) is 133 cm³/mol. The van der Waals surface area contributed by atoms with E-state index in [4.69, 9.17) is 27.9 Å². The Labute approximate surface area is 205 Å². The zero-order chi connectivity index (χ0) is 24.5. The fourth-order valence-electron chi connectivity index (χ4n) is 2.66. The van der Waals surface area contributed by atoms with Crippen LogP contribution in [-0.2, 0) is 14.4 Å². The molecule has 3 amide bonds. The van der Waals surface area contributed by atoms with Crippen LogP contribution in [0.1, 0.15) is 11.1 Å². The minimum absolute atomic E-state index is 0.230. The van der Waals surface area contributed by atoms with Crippen LogP contribution in [0, 0.1) is 6.92 Å². The Kier molecular flexibility index (Phi) is 8.61. The molecular formula is C24H20Cl2N4O4. The van der Waals surface area contributed by atoms with Crippen LogP contribution in [-0.4, -0.2) is 30.5 Å². The van der Waals surface area contributed by atoms with Crippen molar-refractivity contribution >= 4 is 58.5 Å². The van der Waals surface area contributed by atoms with Crippen LogP contribution in [0.2, 0.25) is 10.0 Å². The van der Waals surface area contributed by atoms with E-state index < -0.39 is 11.8 Å². The van der Waals surface area contributed by atoms with Crippen molar-refractivity contribution in [2.75, 3.05) is 17.2 Å². The number of nitrogens with zero attached hydrogens (tertiary/aromatic N) is 1. The van der Waals surface area contributed by atoms with Crippen LogP contribution in [0.3, 0.4) is 0 Å². The number of rotatable bonds is 7. The summed E-state index contributed by atoms with van der Waals surface area (Å²) < 4.78 is 5.49. The molecule has 0 atom stereocenters. The van der Waals surface area contributed by atoms with Crippen LogP contribution in [0.5, 0.6) is 5.75 Å². The monoisotopic (exact) mass is 498 g/mol. The van der Waals surface area contributed by atoms with Gasteiger partial charge in [-0.3, -0.25) is 14.4 Å². The maximum absolute atomic E-state index is 12.1. The molecule has 3 rings (SSSR count). The Morgan fingerprint density at radius 2 is 1.71 bits per heavy atom. The fourth-order valence-corrected chi connectivity index (χ4v) is 3.02. The van der Waals surface area contributed by atoms with Crippen molar-refractivity contribution in [3.63, 3.8) is 0 Å². The molecule has 0 spiro atoms. The molecule has 0 aromatic heterocycles. The number of aryl methyl sites for hydroxylation is 1. The van der Waals surface area contributed by atoms with Crippen molar-refractivity contribution in [2.45, 2.75) is 6.92 Å². The highest BCUT2D eigenvalue weighted by Gasteiger charge is 2.13. The molecule has 3 aromatic carbocycles. The van der Waals surface area contributed by atoms with E-state index in [0.29, 0.717) is 32.7 Å². The van der Waals surface area contributed by atoms with Gasteiger partial charge in [0.2, 0.25) is 0 Å². The number of amides is 3. The van der Waals surface area contributed by atoms with E-state index in [1.54, 1.807) is 66.7 Å². The lowest BCUT2D eigenvalue weighted by molar-refractivity contribution is -0.136. The Morgan fingerprint density at radius 1 is 0.912 bits per heavy atom. The Balaban J connectivity index is 1.49. The summed E-state index contributed by atoms with van der Waals surface area (Å²) in [6.45, 7) is 1.59. The molecule has 0 fully saturated rings. The van der Waals surface area contributed by atoms with E-state index >= 15 is 0 Å². The molecular weight excluding hydrogens is 479 g/mol. The van der Waals surface area contributed by atoms with Crippen molar-refractivity contribution in [1.29, 1.82) is 0 Å². The average molecular weight is 499 g/mol. The number of nitrogens with one attached hydrogen (secondary N) is 3. The number of carbonyl (C=O) groups is 3. The predicted octanol–water partition coefficient (Wildman–Crippen LogP) is 4.41. The number of hydrogen-bond acceptors (Lipinski definition) is 5. The van der Waals surface area contributed by atoms with Gasteiger partial charge in [0.25, 0.3) is 5.91 Å². The van der Waals surface area contributed by atoms with Gasteiger partial charge in [-0.25, -0.2) is 5.43 Å². The summed E-state index contributed by atoms with van der Waals surface area (Å²) in [6.07, 6.45) is 1.34. The van der Waals surface area contributed by atoms with Gasteiger partial charge < -0.3 is 15.4 Å². The second-order valence-electron chi connectivity index (χ2n) is 7.01. The van der Waals surface area contributed by atoms with Gasteiger partial charge in [0.1, 0.15) is 5.75 Å². The topological polar surface area (TPSA) is 109 Å². The van der Waals surface area contributed by atoms with Crippen molar-refractivity contribution in [1.82, 2.24) is 5.43 Å². The first kappa shape index (κ1) is 24.8. The van der Waals surface area contributed by atoms with Crippen molar-refractivity contribution in [3.8, 4) is 5.75 Å². The molecule has 0 unspecified atom stereocenters. The first-order valence-electron chi connectivity index (χ1n) is 9.99. The van der Waals surface area contributed by atoms with E-state index in [0.717, 1.165) is 5.56 Å². The summed E-state index contributed by atoms with van der Waals surface area (Å²) >= 11 is 12.0. The first-order chi connectivity index (χ1) is 16.3. The van der Waals surface area contributed by atoms with Gasteiger partial charge in [-0.2, -0.15) is 5.10 Å². The normalized spacial score (nSPS) is 10.6. The summed E-state index contributed by atoms with van der Waals surface area (Å²) in [6, 6.07) is 18.5. The number of carbonyl (C=O) groups excluding carboxylic acids is 3. The molecule has 0 aliphatic heterocycles.